The highest BCUT2D eigenvalue weighted by Crippen LogP contribution is 2.13. The third kappa shape index (κ3) is 5.78. The quantitative estimate of drug-likeness (QED) is 0.794. The Morgan fingerprint density at radius 2 is 2.29 bits per heavy atom. The summed E-state index contributed by atoms with van der Waals surface area (Å²) in [5.74, 6) is 0.701. The minimum atomic E-state index is -0.0496. The molecule has 0 saturated heterocycles. The number of benzene rings is 1. The molecule has 2 rings (SSSR count). The molecule has 0 bridgehead atoms. The highest BCUT2D eigenvalue weighted by atomic mass is 35.5. The van der Waals surface area contributed by atoms with Crippen molar-refractivity contribution >= 4 is 18.3 Å². The zero-order valence-corrected chi connectivity index (χ0v) is 13.2. The van der Waals surface area contributed by atoms with Gasteiger partial charge in [0.2, 0.25) is 0 Å². The van der Waals surface area contributed by atoms with E-state index in [-0.39, 0.29) is 18.3 Å². The molecule has 1 heterocycles. The van der Waals surface area contributed by atoms with E-state index in [0.717, 1.165) is 31.7 Å². The van der Waals surface area contributed by atoms with Crippen LogP contribution in [0.4, 0.5) is 0 Å². The number of halogens is 1. The van der Waals surface area contributed by atoms with E-state index < -0.39 is 0 Å². The van der Waals surface area contributed by atoms with Crippen LogP contribution in [0.15, 0.2) is 35.9 Å². The van der Waals surface area contributed by atoms with E-state index >= 15 is 0 Å². The molecule has 0 unspecified atom stereocenters. The average molecular weight is 311 g/mol. The van der Waals surface area contributed by atoms with Gasteiger partial charge in [0, 0.05) is 18.7 Å². The average Bonchev–Trinajstić information content (AvgIpc) is 2.52. The van der Waals surface area contributed by atoms with Crippen LogP contribution >= 0.6 is 12.4 Å². The highest BCUT2D eigenvalue weighted by molar-refractivity contribution is 5.94. The monoisotopic (exact) mass is 310 g/mol. The Balaban J connectivity index is 0.00000220. The van der Waals surface area contributed by atoms with Crippen LogP contribution in [0.25, 0.3) is 0 Å². The fourth-order valence-corrected chi connectivity index (χ4v) is 2.07. The topological polar surface area (TPSA) is 50.4 Å². The van der Waals surface area contributed by atoms with Crippen molar-refractivity contribution in [2.45, 2.75) is 19.8 Å². The summed E-state index contributed by atoms with van der Waals surface area (Å²) in [7, 11) is 0. The highest BCUT2D eigenvalue weighted by Gasteiger charge is 2.08. The molecule has 0 spiro atoms. The fourth-order valence-electron chi connectivity index (χ4n) is 2.07. The van der Waals surface area contributed by atoms with E-state index in [0.29, 0.717) is 18.7 Å². The molecule has 5 heteroatoms. The summed E-state index contributed by atoms with van der Waals surface area (Å²) in [5, 5.41) is 6.22. The maximum absolute atomic E-state index is 12.1. The van der Waals surface area contributed by atoms with Gasteiger partial charge in [-0.1, -0.05) is 24.6 Å². The summed E-state index contributed by atoms with van der Waals surface area (Å²) in [4.78, 5) is 12.1. The Labute approximate surface area is 132 Å². The first-order chi connectivity index (χ1) is 9.79. The van der Waals surface area contributed by atoms with Crippen LogP contribution in [-0.4, -0.2) is 32.1 Å². The predicted molar refractivity (Wildman–Crippen MR) is 87.4 cm³/mol. The number of carbonyl (C=O) groups excluding carboxylic acids is 1. The summed E-state index contributed by atoms with van der Waals surface area (Å²) >= 11 is 0. The van der Waals surface area contributed by atoms with E-state index in [1.807, 2.05) is 18.2 Å². The Morgan fingerprint density at radius 3 is 3.00 bits per heavy atom. The SMILES string of the molecule is CCCOc1cccc(C(=O)NCC2=CCNCC2)c1.Cl. The first-order valence-corrected chi connectivity index (χ1v) is 7.19. The third-order valence-corrected chi connectivity index (χ3v) is 3.20. The number of hydrogen-bond acceptors (Lipinski definition) is 3. The summed E-state index contributed by atoms with van der Waals surface area (Å²) in [6.45, 7) is 5.24. The van der Waals surface area contributed by atoms with Gasteiger partial charge >= 0.3 is 0 Å². The van der Waals surface area contributed by atoms with Gasteiger partial charge in [0.05, 0.1) is 6.61 Å². The van der Waals surface area contributed by atoms with Crippen LogP contribution in [0.3, 0.4) is 0 Å². The first-order valence-electron chi connectivity index (χ1n) is 7.19. The molecule has 116 valence electrons. The largest absolute Gasteiger partial charge is 0.494 e. The van der Waals surface area contributed by atoms with Crippen LogP contribution < -0.4 is 15.4 Å². The van der Waals surface area contributed by atoms with Crippen molar-refractivity contribution < 1.29 is 9.53 Å². The molecule has 1 aliphatic heterocycles. The Bertz CT molecular complexity index is 489. The second kappa shape index (κ2) is 9.42. The maximum Gasteiger partial charge on any atom is 0.251 e. The Morgan fingerprint density at radius 1 is 1.43 bits per heavy atom. The summed E-state index contributed by atoms with van der Waals surface area (Å²) < 4.78 is 5.54. The molecule has 0 aromatic heterocycles. The van der Waals surface area contributed by atoms with Crippen molar-refractivity contribution in [2.24, 2.45) is 0 Å². The number of amides is 1. The van der Waals surface area contributed by atoms with Gasteiger partial charge in [0.25, 0.3) is 5.91 Å². The zero-order valence-electron chi connectivity index (χ0n) is 12.4. The van der Waals surface area contributed by atoms with Gasteiger partial charge < -0.3 is 15.4 Å². The second-order valence-corrected chi connectivity index (χ2v) is 4.88. The molecule has 0 atom stereocenters. The van der Waals surface area contributed by atoms with Crippen LogP contribution in [-0.2, 0) is 0 Å². The fraction of sp³-hybridized carbons (Fsp3) is 0.438. The van der Waals surface area contributed by atoms with Crippen molar-refractivity contribution in [2.75, 3.05) is 26.2 Å². The minimum Gasteiger partial charge on any atom is -0.494 e. The van der Waals surface area contributed by atoms with E-state index in [1.165, 1.54) is 5.57 Å². The predicted octanol–water partition coefficient (Wildman–Crippen LogP) is 2.55. The van der Waals surface area contributed by atoms with Crippen molar-refractivity contribution in [1.29, 1.82) is 0 Å². The van der Waals surface area contributed by atoms with Gasteiger partial charge in [0.15, 0.2) is 0 Å². The number of rotatable bonds is 6. The van der Waals surface area contributed by atoms with Gasteiger partial charge in [-0.15, -0.1) is 12.4 Å². The van der Waals surface area contributed by atoms with E-state index in [4.69, 9.17) is 4.74 Å². The third-order valence-electron chi connectivity index (χ3n) is 3.20. The van der Waals surface area contributed by atoms with Crippen molar-refractivity contribution in [3.8, 4) is 5.75 Å². The van der Waals surface area contributed by atoms with Gasteiger partial charge in [-0.05, 0) is 37.6 Å². The molecule has 0 saturated carbocycles. The van der Waals surface area contributed by atoms with Crippen molar-refractivity contribution in [1.82, 2.24) is 10.6 Å². The normalized spacial score (nSPS) is 13.9. The lowest BCUT2D eigenvalue weighted by Gasteiger charge is -2.14. The summed E-state index contributed by atoms with van der Waals surface area (Å²) in [6, 6.07) is 7.33. The van der Waals surface area contributed by atoms with Crippen LogP contribution in [0, 0.1) is 0 Å². The van der Waals surface area contributed by atoms with Gasteiger partial charge in [-0.3, -0.25) is 4.79 Å². The summed E-state index contributed by atoms with van der Waals surface area (Å²) in [5.41, 5.74) is 1.93. The summed E-state index contributed by atoms with van der Waals surface area (Å²) in [6.07, 6.45) is 4.10. The van der Waals surface area contributed by atoms with Crippen LogP contribution in [0.5, 0.6) is 5.75 Å². The number of carbonyl (C=O) groups is 1. The molecular weight excluding hydrogens is 288 g/mol. The Kier molecular flexibility index (Phi) is 7.87. The molecule has 1 aromatic carbocycles. The zero-order chi connectivity index (χ0) is 14.2. The first kappa shape index (κ1) is 17.5. The Hall–Kier alpha value is -1.52. The minimum absolute atomic E-state index is 0. The molecule has 1 aromatic rings. The molecule has 1 amide bonds. The molecule has 4 nitrogen and oxygen atoms in total. The van der Waals surface area contributed by atoms with Crippen LogP contribution in [0.2, 0.25) is 0 Å². The van der Waals surface area contributed by atoms with Gasteiger partial charge in [0.1, 0.15) is 5.75 Å². The molecule has 0 fully saturated rings. The van der Waals surface area contributed by atoms with Gasteiger partial charge in [-0.2, -0.15) is 0 Å². The van der Waals surface area contributed by atoms with E-state index in [2.05, 4.69) is 23.6 Å². The lowest BCUT2D eigenvalue weighted by molar-refractivity contribution is 0.0956. The molecular formula is C16H23ClN2O2. The van der Waals surface area contributed by atoms with E-state index in [9.17, 15) is 4.79 Å². The number of nitrogens with one attached hydrogen (secondary N) is 2. The smallest absolute Gasteiger partial charge is 0.251 e. The second-order valence-electron chi connectivity index (χ2n) is 4.88. The van der Waals surface area contributed by atoms with E-state index in [1.54, 1.807) is 6.07 Å². The van der Waals surface area contributed by atoms with Crippen LogP contribution in [0.1, 0.15) is 30.1 Å². The molecule has 0 aliphatic carbocycles. The maximum atomic E-state index is 12.1. The number of ether oxygens (including phenoxy) is 1. The van der Waals surface area contributed by atoms with Crippen molar-refractivity contribution in [3.05, 3.63) is 41.5 Å². The molecule has 1 aliphatic rings. The molecule has 21 heavy (non-hydrogen) atoms. The van der Waals surface area contributed by atoms with Gasteiger partial charge in [-0.25, -0.2) is 0 Å². The number of hydrogen-bond donors (Lipinski definition) is 2. The standard InChI is InChI=1S/C16H22N2O2.ClH/c1-2-10-20-15-5-3-4-14(11-15)16(19)18-12-13-6-8-17-9-7-13;/h3-6,11,17H,2,7-10,12H2,1H3,(H,18,19);1H. The van der Waals surface area contributed by atoms with Crippen molar-refractivity contribution in [3.63, 3.8) is 0 Å². The lowest BCUT2D eigenvalue weighted by Crippen LogP contribution is -2.29. The molecule has 2 N–H and O–H groups in total. The lowest BCUT2D eigenvalue weighted by atomic mass is 10.1. The molecule has 0 radical (unpaired) electrons.